The molecule has 3 heterocycles. The third-order valence-electron chi connectivity index (χ3n) is 4.09. The van der Waals surface area contributed by atoms with E-state index in [0.29, 0.717) is 23.4 Å². The van der Waals surface area contributed by atoms with Gasteiger partial charge in [-0.1, -0.05) is 11.8 Å². The number of piperidine rings is 1. The molecule has 1 aromatic rings. The predicted molar refractivity (Wildman–Crippen MR) is 73.3 cm³/mol. The number of H-pyrrole nitrogens is 1. The zero-order chi connectivity index (χ0) is 15.0. The van der Waals surface area contributed by atoms with Gasteiger partial charge in [0.15, 0.2) is 0 Å². The second-order valence-electron chi connectivity index (χ2n) is 5.61. The molecule has 0 radical (unpaired) electrons. The summed E-state index contributed by atoms with van der Waals surface area (Å²) >= 11 is 0.618. The second kappa shape index (κ2) is 5.64. The molecule has 3 atom stereocenters. The van der Waals surface area contributed by atoms with E-state index in [1.165, 1.54) is 0 Å². The Bertz CT molecular complexity index is 575. The summed E-state index contributed by atoms with van der Waals surface area (Å²) in [5.74, 6) is -0.313. The van der Waals surface area contributed by atoms with E-state index < -0.39 is 17.5 Å². The number of halogens is 3. The molecule has 0 aromatic carbocycles. The molecule has 0 spiro atoms. The first kappa shape index (κ1) is 14.9. The van der Waals surface area contributed by atoms with Crippen LogP contribution in [0, 0.1) is 5.92 Å². The summed E-state index contributed by atoms with van der Waals surface area (Å²) in [6.07, 6.45) is 0.00856. The van der Waals surface area contributed by atoms with Gasteiger partial charge in [0.05, 0.1) is 28.7 Å². The molecular formula is C13H16F3N3OS. The normalized spacial score (nSPS) is 28.8. The van der Waals surface area contributed by atoms with Gasteiger partial charge in [0.25, 0.3) is 5.56 Å². The molecule has 0 aliphatic carbocycles. The van der Waals surface area contributed by atoms with Crippen LogP contribution in [0.1, 0.15) is 31.0 Å². The maximum atomic E-state index is 12.4. The van der Waals surface area contributed by atoms with Gasteiger partial charge >= 0.3 is 6.18 Å². The number of alkyl halides is 3. The second-order valence-corrected chi connectivity index (χ2v) is 6.59. The molecule has 2 saturated heterocycles. The molecule has 3 rings (SSSR count). The first-order valence-electron chi connectivity index (χ1n) is 6.95. The van der Waals surface area contributed by atoms with E-state index in [4.69, 9.17) is 0 Å². The van der Waals surface area contributed by atoms with E-state index >= 15 is 0 Å². The van der Waals surface area contributed by atoms with Gasteiger partial charge in [0, 0.05) is 6.54 Å². The summed E-state index contributed by atoms with van der Waals surface area (Å²) in [5, 5.41) is 0.259. The molecule has 2 bridgehead atoms. The van der Waals surface area contributed by atoms with Crippen LogP contribution < -0.4 is 5.56 Å². The van der Waals surface area contributed by atoms with Crippen LogP contribution in [0.4, 0.5) is 13.2 Å². The average Bonchev–Trinajstić information content (AvgIpc) is 2.79. The lowest BCUT2D eigenvalue weighted by Gasteiger charge is -2.32. The highest BCUT2D eigenvalue weighted by Crippen LogP contribution is 2.41. The molecule has 1 aromatic heterocycles. The van der Waals surface area contributed by atoms with Crippen molar-refractivity contribution in [1.29, 1.82) is 0 Å². The third-order valence-corrected chi connectivity index (χ3v) is 5.16. The van der Waals surface area contributed by atoms with Gasteiger partial charge in [-0.05, 0) is 31.7 Å². The molecule has 2 aliphatic rings. The van der Waals surface area contributed by atoms with Crippen molar-refractivity contribution >= 4 is 11.8 Å². The van der Waals surface area contributed by atoms with Crippen LogP contribution >= 0.6 is 11.8 Å². The maximum absolute atomic E-state index is 12.4. The minimum atomic E-state index is -4.26. The number of nitrogens with zero attached hydrogens (tertiary/aromatic N) is 2. The number of aromatic nitrogens is 2. The zero-order valence-electron chi connectivity index (χ0n) is 11.3. The molecular weight excluding hydrogens is 303 g/mol. The highest BCUT2D eigenvalue weighted by Gasteiger charge is 2.37. The van der Waals surface area contributed by atoms with Crippen LogP contribution in [0.5, 0.6) is 0 Å². The van der Waals surface area contributed by atoms with Gasteiger partial charge in [0.2, 0.25) is 0 Å². The number of thioether (sulfide) groups is 1. The minimum absolute atomic E-state index is 0.0244. The van der Waals surface area contributed by atoms with E-state index in [9.17, 15) is 18.0 Å². The molecule has 4 nitrogen and oxygen atoms in total. The fraction of sp³-hybridized carbons (Fsp3) is 0.692. The smallest absolute Gasteiger partial charge is 0.314 e. The fourth-order valence-corrected chi connectivity index (χ4v) is 3.98. The summed E-state index contributed by atoms with van der Waals surface area (Å²) in [6, 6.07) is 0.0244. The van der Waals surface area contributed by atoms with Gasteiger partial charge in [-0.25, -0.2) is 0 Å². The first-order valence-corrected chi connectivity index (χ1v) is 7.94. The summed E-state index contributed by atoms with van der Waals surface area (Å²) in [4.78, 5) is 20.3. The first-order chi connectivity index (χ1) is 9.92. The number of hydrogen-bond acceptors (Lipinski definition) is 4. The average molecular weight is 319 g/mol. The lowest BCUT2D eigenvalue weighted by atomic mass is 9.95. The van der Waals surface area contributed by atoms with Gasteiger partial charge in [-0.2, -0.15) is 13.2 Å². The SMILES string of the molecule is O=c1cnc(C2CCC3CCN2C3)c(SCC(F)(F)F)[nH]1. The van der Waals surface area contributed by atoms with Crippen molar-refractivity contribution in [2.24, 2.45) is 5.92 Å². The quantitative estimate of drug-likeness (QED) is 0.870. The van der Waals surface area contributed by atoms with E-state index in [-0.39, 0.29) is 11.1 Å². The van der Waals surface area contributed by atoms with Crippen molar-refractivity contribution in [3.05, 3.63) is 22.2 Å². The molecule has 0 saturated carbocycles. The van der Waals surface area contributed by atoms with Crippen LogP contribution in [-0.2, 0) is 0 Å². The number of hydrogen-bond donors (Lipinski definition) is 1. The Balaban J connectivity index is 1.85. The molecule has 1 N–H and O–H groups in total. The van der Waals surface area contributed by atoms with Gasteiger partial charge < -0.3 is 4.98 Å². The van der Waals surface area contributed by atoms with E-state index in [1.807, 2.05) is 0 Å². The van der Waals surface area contributed by atoms with E-state index in [2.05, 4.69) is 14.9 Å². The van der Waals surface area contributed by atoms with Crippen LogP contribution in [0.2, 0.25) is 0 Å². The molecule has 8 heteroatoms. The van der Waals surface area contributed by atoms with Crippen LogP contribution in [0.15, 0.2) is 16.0 Å². The fourth-order valence-electron chi connectivity index (χ4n) is 3.16. The van der Waals surface area contributed by atoms with Crippen LogP contribution in [-0.4, -0.2) is 39.9 Å². The van der Waals surface area contributed by atoms with Crippen molar-refractivity contribution in [2.45, 2.75) is 36.5 Å². The monoisotopic (exact) mass is 319 g/mol. The topological polar surface area (TPSA) is 49.0 Å². The van der Waals surface area contributed by atoms with Crippen molar-refractivity contribution in [1.82, 2.24) is 14.9 Å². The van der Waals surface area contributed by atoms with Crippen molar-refractivity contribution in [3.63, 3.8) is 0 Å². The summed E-state index contributed by atoms with van der Waals surface area (Å²) < 4.78 is 37.3. The van der Waals surface area contributed by atoms with Gasteiger partial charge in [-0.3, -0.25) is 14.7 Å². The largest absolute Gasteiger partial charge is 0.398 e. The molecule has 2 fully saturated rings. The Morgan fingerprint density at radius 2 is 2.19 bits per heavy atom. The van der Waals surface area contributed by atoms with Crippen LogP contribution in [0.3, 0.4) is 0 Å². The Morgan fingerprint density at radius 1 is 1.38 bits per heavy atom. The highest BCUT2D eigenvalue weighted by atomic mass is 32.2. The Morgan fingerprint density at radius 3 is 2.95 bits per heavy atom. The van der Waals surface area contributed by atoms with Crippen molar-refractivity contribution in [2.75, 3.05) is 18.8 Å². The van der Waals surface area contributed by atoms with Gasteiger partial charge in [-0.15, -0.1) is 0 Å². The Hall–Kier alpha value is -1.02. The molecule has 21 heavy (non-hydrogen) atoms. The summed E-state index contributed by atoms with van der Waals surface area (Å²) in [6.45, 7) is 1.94. The molecule has 116 valence electrons. The van der Waals surface area contributed by atoms with Crippen molar-refractivity contribution < 1.29 is 13.2 Å². The molecule has 0 amide bonds. The minimum Gasteiger partial charge on any atom is -0.314 e. The zero-order valence-corrected chi connectivity index (χ0v) is 12.1. The number of nitrogens with one attached hydrogen (secondary N) is 1. The predicted octanol–water partition coefficient (Wildman–Crippen LogP) is 2.58. The number of aromatic amines is 1. The van der Waals surface area contributed by atoms with E-state index in [0.717, 1.165) is 38.5 Å². The van der Waals surface area contributed by atoms with E-state index in [1.54, 1.807) is 0 Å². The molecule has 3 unspecified atom stereocenters. The number of rotatable bonds is 3. The highest BCUT2D eigenvalue weighted by molar-refractivity contribution is 7.99. The standard InChI is InChI=1S/C13H16F3N3OS/c14-13(15,16)7-21-12-11(17-5-10(20)18-12)9-2-1-8-3-4-19(9)6-8/h5,8-9H,1-4,6-7H2,(H,18,20). The summed E-state index contributed by atoms with van der Waals surface area (Å²) in [5.41, 5.74) is 0.128. The Labute approximate surface area is 124 Å². The third kappa shape index (κ3) is 3.42. The summed E-state index contributed by atoms with van der Waals surface area (Å²) in [7, 11) is 0. The molecule has 2 aliphatic heterocycles. The maximum Gasteiger partial charge on any atom is 0.398 e. The lowest BCUT2D eigenvalue weighted by Crippen LogP contribution is -2.32. The number of fused-ring (bicyclic) bond motifs is 2. The van der Waals surface area contributed by atoms with Crippen molar-refractivity contribution in [3.8, 4) is 0 Å². The Kier molecular flexibility index (Phi) is 4.00. The van der Waals surface area contributed by atoms with Gasteiger partial charge in [0.1, 0.15) is 0 Å². The lowest BCUT2D eigenvalue weighted by molar-refractivity contribution is -0.105. The van der Waals surface area contributed by atoms with Crippen LogP contribution in [0.25, 0.3) is 0 Å².